The van der Waals surface area contributed by atoms with Gasteiger partial charge in [-0.2, -0.15) is 0 Å². The lowest BCUT2D eigenvalue weighted by molar-refractivity contribution is -0.168. The number of aliphatic imine (C=N–C) groups is 1. The highest BCUT2D eigenvalue weighted by atomic mass is 35.5. The molecule has 34 heavy (non-hydrogen) atoms. The van der Waals surface area contributed by atoms with Crippen molar-refractivity contribution >= 4 is 58.1 Å². The lowest BCUT2D eigenvalue weighted by Crippen LogP contribution is -2.59. The summed E-state index contributed by atoms with van der Waals surface area (Å²) in [7, 11) is 1.16. The van der Waals surface area contributed by atoms with Gasteiger partial charge in [-0.15, -0.1) is 11.8 Å². The van der Waals surface area contributed by atoms with Crippen molar-refractivity contribution in [1.29, 1.82) is 0 Å². The number of alkyl halides is 1. The predicted octanol–water partition coefficient (Wildman–Crippen LogP) is 2.30. The number of imide groups is 1. The second-order valence-electron chi connectivity index (χ2n) is 7.24. The minimum absolute atomic E-state index is 0.0325. The largest absolute Gasteiger partial charge is 0.464 e. The zero-order chi connectivity index (χ0) is 25.2. The van der Waals surface area contributed by atoms with Gasteiger partial charge in [0.25, 0.3) is 16.8 Å². The number of ether oxygens (including phenoxy) is 3. The molecule has 0 spiro atoms. The quantitative estimate of drug-likeness (QED) is 0.179. The average molecular weight is 509 g/mol. The molecule has 0 saturated carbocycles. The Balaban J connectivity index is 2.12. The number of carbonyl (C=O) groups excluding carboxylic acids is 5. The minimum atomic E-state index is -2.60. The summed E-state index contributed by atoms with van der Waals surface area (Å²) in [6.45, 7) is 4.52. The third-order valence-corrected chi connectivity index (χ3v) is 6.83. The smallest absolute Gasteiger partial charge is 0.356 e. The van der Waals surface area contributed by atoms with Crippen molar-refractivity contribution in [2.45, 2.75) is 31.9 Å². The van der Waals surface area contributed by atoms with E-state index in [0.717, 1.165) is 18.9 Å². The number of rotatable bonds is 7. The number of hydrogen-bond acceptors (Lipinski definition) is 10. The number of hydrogen-bond donors (Lipinski definition) is 0. The molecule has 0 aromatic heterocycles. The molecule has 0 radical (unpaired) electrons. The summed E-state index contributed by atoms with van der Waals surface area (Å²) < 4.78 is 14.8. The van der Waals surface area contributed by atoms with Crippen LogP contribution < -0.4 is 0 Å². The molecule has 10 nitrogen and oxygen atoms in total. The van der Waals surface area contributed by atoms with Crippen molar-refractivity contribution in [2.24, 2.45) is 4.99 Å². The van der Waals surface area contributed by atoms with Crippen molar-refractivity contribution in [3.63, 3.8) is 0 Å². The molecule has 2 amide bonds. The Kier molecular flexibility index (Phi) is 7.47. The number of amides is 2. The molecule has 12 heteroatoms. The van der Waals surface area contributed by atoms with Crippen LogP contribution in [0, 0.1) is 0 Å². The number of fused-ring (bicyclic) bond motifs is 1. The first-order chi connectivity index (χ1) is 16.1. The van der Waals surface area contributed by atoms with Gasteiger partial charge in [-0.3, -0.25) is 9.59 Å². The van der Waals surface area contributed by atoms with E-state index >= 15 is 0 Å². The predicted molar refractivity (Wildman–Crippen MR) is 122 cm³/mol. The minimum Gasteiger partial charge on any atom is -0.464 e. The molecule has 1 aromatic rings. The first-order valence-corrected chi connectivity index (χ1v) is 11.5. The van der Waals surface area contributed by atoms with E-state index in [1.54, 1.807) is 26.0 Å². The van der Waals surface area contributed by atoms with Crippen molar-refractivity contribution in [3.8, 4) is 0 Å². The van der Waals surface area contributed by atoms with Crippen molar-refractivity contribution in [3.05, 3.63) is 46.7 Å². The van der Waals surface area contributed by atoms with Gasteiger partial charge in [-0.25, -0.2) is 24.3 Å². The van der Waals surface area contributed by atoms with E-state index in [2.05, 4.69) is 4.99 Å². The van der Waals surface area contributed by atoms with Crippen molar-refractivity contribution in [2.75, 3.05) is 19.5 Å². The van der Waals surface area contributed by atoms with Crippen LogP contribution in [0.4, 0.5) is 0 Å². The summed E-state index contributed by atoms with van der Waals surface area (Å²) in [5.41, 5.74) is 0.481. The highest BCUT2D eigenvalue weighted by molar-refractivity contribution is 8.14. The standard InChI is InChI=1S/C22H21ClN2O8S/c1-5-32-18(28)12(3)33-21(30)22(23,20-24-15(19(29)31-4)11(2)10-34-20)25-16(26)13-8-6-7-9-14(13)17(25)27/h6-9,12H,5,10H2,1-4H3. The van der Waals surface area contributed by atoms with Gasteiger partial charge in [0, 0.05) is 5.75 Å². The van der Waals surface area contributed by atoms with Crippen LogP contribution in [0.15, 0.2) is 40.5 Å². The van der Waals surface area contributed by atoms with E-state index in [1.165, 1.54) is 19.1 Å². The molecule has 3 rings (SSSR count). The van der Waals surface area contributed by atoms with E-state index in [-0.39, 0.29) is 34.2 Å². The molecular formula is C22H21ClN2O8S. The molecule has 0 fully saturated rings. The molecule has 1 aromatic carbocycles. The van der Waals surface area contributed by atoms with Gasteiger partial charge < -0.3 is 14.2 Å². The molecule has 2 heterocycles. The number of benzene rings is 1. The van der Waals surface area contributed by atoms with Crippen molar-refractivity contribution in [1.82, 2.24) is 4.90 Å². The molecule has 2 aliphatic heterocycles. The zero-order valence-corrected chi connectivity index (χ0v) is 20.3. The SMILES string of the molecule is CCOC(=O)C(C)OC(=O)C(Cl)(C1=NC(C(=O)OC)=C(C)CS1)N1C(=O)c2ccccc2C1=O. The van der Waals surface area contributed by atoms with Crippen LogP contribution in [-0.2, 0) is 28.6 Å². The number of nitrogens with zero attached hydrogens (tertiary/aromatic N) is 2. The molecule has 0 aliphatic carbocycles. The lowest BCUT2D eigenvalue weighted by atomic mass is 10.1. The molecule has 180 valence electrons. The van der Waals surface area contributed by atoms with Crippen LogP contribution in [0.25, 0.3) is 0 Å². The van der Waals surface area contributed by atoms with Gasteiger partial charge >= 0.3 is 17.9 Å². The Hall–Kier alpha value is -3.18. The maximum atomic E-state index is 13.4. The van der Waals surface area contributed by atoms with Crippen LogP contribution in [0.2, 0.25) is 0 Å². The second kappa shape index (κ2) is 9.98. The normalized spacial score (nSPS) is 18.0. The van der Waals surface area contributed by atoms with Gasteiger partial charge in [0.2, 0.25) is 0 Å². The molecular weight excluding hydrogens is 488 g/mol. The monoisotopic (exact) mass is 508 g/mol. The molecule has 0 bridgehead atoms. The second-order valence-corrected chi connectivity index (χ2v) is 8.75. The fourth-order valence-corrected chi connectivity index (χ4v) is 4.67. The highest BCUT2D eigenvalue weighted by Gasteiger charge is 2.58. The first-order valence-electron chi connectivity index (χ1n) is 10.1. The molecule has 0 saturated heterocycles. The highest BCUT2D eigenvalue weighted by Crippen LogP contribution is 2.40. The number of esters is 3. The Labute approximate surface area is 204 Å². The summed E-state index contributed by atoms with van der Waals surface area (Å²) in [6.07, 6.45) is -1.40. The van der Waals surface area contributed by atoms with Crippen molar-refractivity contribution < 1.29 is 38.2 Å². The molecule has 2 unspecified atom stereocenters. The summed E-state index contributed by atoms with van der Waals surface area (Å²) in [4.78, 5) is 66.2. The maximum Gasteiger partial charge on any atom is 0.356 e. The summed E-state index contributed by atoms with van der Waals surface area (Å²) in [6, 6.07) is 5.94. The number of halogens is 1. The van der Waals surface area contributed by atoms with Gasteiger partial charge in [0.15, 0.2) is 6.10 Å². The molecule has 0 N–H and O–H groups in total. The zero-order valence-electron chi connectivity index (χ0n) is 18.7. The van der Waals surface area contributed by atoms with E-state index in [0.29, 0.717) is 10.5 Å². The molecule has 2 atom stereocenters. The van der Waals surface area contributed by atoms with E-state index < -0.39 is 40.8 Å². The van der Waals surface area contributed by atoms with E-state index in [1.807, 2.05) is 0 Å². The third kappa shape index (κ3) is 4.32. The van der Waals surface area contributed by atoms with Gasteiger partial charge in [0.1, 0.15) is 10.7 Å². The van der Waals surface area contributed by atoms with Gasteiger partial charge in [-0.05, 0) is 38.5 Å². The Morgan fingerprint density at radius 3 is 2.32 bits per heavy atom. The summed E-state index contributed by atoms with van der Waals surface area (Å²) >= 11 is 7.72. The lowest BCUT2D eigenvalue weighted by Gasteiger charge is -2.35. The Morgan fingerprint density at radius 2 is 1.79 bits per heavy atom. The van der Waals surface area contributed by atoms with Crippen LogP contribution in [-0.4, -0.2) is 70.2 Å². The van der Waals surface area contributed by atoms with Crippen LogP contribution >= 0.6 is 23.4 Å². The summed E-state index contributed by atoms with van der Waals surface area (Å²) in [5, 5.41) is -0.254. The summed E-state index contributed by atoms with van der Waals surface area (Å²) in [5.74, 6) is -4.48. The van der Waals surface area contributed by atoms with E-state index in [9.17, 15) is 24.0 Å². The topological polar surface area (TPSA) is 129 Å². The van der Waals surface area contributed by atoms with Gasteiger partial charge in [-0.1, -0.05) is 23.7 Å². The third-order valence-electron chi connectivity index (χ3n) is 4.98. The maximum absolute atomic E-state index is 13.4. The van der Waals surface area contributed by atoms with Crippen LogP contribution in [0.3, 0.4) is 0 Å². The van der Waals surface area contributed by atoms with E-state index in [4.69, 9.17) is 25.8 Å². The fourth-order valence-electron chi connectivity index (χ4n) is 3.25. The average Bonchev–Trinajstić information content (AvgIpc) is 3.08. The number of methoxy groups -OCH3 is 1. The number of carbonyl (C=O) groups is 5. The fraction of sp³-hybridized carbons (Fsp3) is 0.364. The Morgan fingerprint density at radius 1 is 1.21 bits per heavy atom. The van der Waals surface area contributed by atoms with Crippen LogP contribution in [0.1, 0.15) is 41.5 Å². The molecule has 2 aliphatic rings. The van der Waals surface area contributed by atoms with Crippen LogP contribution in [0.5, 0.6) is 0 Å². The van der Waals surface area contributed by atoms with Gasteiger partial charge in [0.05, 0.1) is 24.8 Å². The number of thioether (sulfide) groups is 1. The first kappa shape index (κ1) is 25.4. The Bertz CT molecular complexity index is 1110.